The van der Waals surface area contributed by atoms with E-state index in [0.717, 1.165) is 15.4 Å². The van der Waals surface area contributed by atoms with Crippen molar-refractivity contribution in [2.24, 2.45) is 0 Å². The Bertz CT molecular complexity index is 1110. The second-order valence-corrected chi connectivity index (χ2v) is 6.96. The lowest BCUT2D eigenvalue weighted by atomic mass is 10.1. The van der Waals surface area contributed by atoms with Crippen LogP contribution in [-0.2, 0) is 0 Å². The molecule has 0 bridgehead atoms. The highest BCUT2D eigenvalue weighted by atomic mass is 35.5. The van der Waals surface area contributed by atoms with E-state index in [0.29, 0.717) is 26.5 Å². The van der Waals surface area contributed by atoms with Gasteiger partial charge in [0.1, 0.15) is 5.69 Å². The van der Waals surface area contributed by atoms with Crippen molar-refractivity contribution in [2.75, 3.05) is 0 Å². The van der Waals surface area contributed by atoms with Crippen LogP contribution in [0.3, 0.4) is 0 Å². The summed E-state index contributed by atoms with van der Waals surface area (Å²) in [6.07, 6.45) is 1.75. The number of hydrogen-bond donors (Lipinski definition) is 1. The maximum Gasteiger partial charge on any atom is 0.273 e. The molecule has 7 heteroatoms. The van der Waals surface area contributed by atoms with Crippen molar-refractivity contribution >= 4 is 45.3 Å². The van der Waals surface area contributed by atoms with E-state index in [4.69, 9.17) is 23.2 Å². The number of halogens is 2. The second-order valence-electron chi connectivity index (χ2n) is 5.06. The third-order valence-corrected chi connectivity index (χ3v) is 5.34. The zero-order valence-corrected chi connectivity index (χ0v) is 14.4. The first-order valence-electron chi connectivity index (χ1n) is 7.03. The summed E-state index contributed by atoms with van der Waals surface area (Å²) < 4.78 is 0. The summed E-state index contributed by atoms with van der Waals surface area (Å²) >= 11 is 14.0. The number of fused-ring (bicyclic) bond motifs is 1. The molecule has 3 heterocycles. The molecule has 4 aromatic rings. The van der Waals surface area contributed by atoms with Crippen LogP contribution >= 0.6 is 34.5 Å². The van der Waals surface area contributed by atoms with E-state index in [1.54, 1.807) is 18.3 Å². The molecule has 0 fully saturated rings. The highest BCUT2D eigenvalue weighted by Gasteiger charge is 2.16. The Hall–Kier alpha value is -2.21. The van der Waals surface area contributed by atoms with Crippen LogP contribution in [0.5, 0.6) is 0 Å². The minimum Gasteiger partial charge on any atom is -0.267 e. The standard InChI is InChI=1S/C17H9Cl2N3OS/c18-9-4-5-10(19)15-14(9)16(21-22-17(15)23)13-7-6-12(24-13)11-3-1-2-8-20-11/h1-8H,(H,22,23). The van der Waals surface area contributed by atoms with Gasteiger partial charge in [0.25, 0.3) is 5.56 Å². The van der Waals surface area contributed by atoms with E-state index >= 15 is 0 Å². The van der Waals surface area contributed by atoms with Crippen LogP contribution in [0.2, 0.25) is 10.0 Å². The van der Waals surface area contributed by atoms with Crippen molar-refractivity contribution < 1.29 is 0 Å². The molecule has 0 radical (unpaired) electrons. The number of rotatable bonds is 2. The SMILES string of the molecule is O=c1[nH]nc(-c2ccc(-c3ccccn3)s2)c2c(Cl)ccc(Cl)c12. The maximum atomic E-state index is 12.1. The van der Waals surface area contributed by atoms with Crippen molar-refractivity contribution in [2.45, 2.75) is 0 Å². The minimum absolute atomic E-state index is 0.348. The van der Waals surface area contributed by atoms with Crippen LogP contribution in [-0.4, -0.2) is 15.2 Å². The third-order valence-electron chi connectivity index (χ3n) is 3.59. The summed E-state index contributed by atoms with van der Waals surface area (Å²) in [6, 6.07) is 12.9. The quantitative estimate of drug-likeness (QED) is 0.536. The van der Waals surface area contributed by atoms with Crippen LogP contribution in [0.25, 0.3) is 31.9 Å². The van der Waals surface area contributed by atoms with Crippen LogP contribution in [0, 0.1) is 0 Å². The van der Waals surface area contributed by atoms with Gasteiger partial charge in [-0.25, -0.2) is 5.10 Å². The number of nitrogens with zero attached hydrogens (tertiary/aromatic N) is 2. The Labute approximate surface area is 150 Å². The number of nitrogens with one attached hydrogen (secondary N) is 1. The summed E-state index contributed by atoms with van der Waals surface area (Å²) in [5.74, 6) is 0. The van der Waals surface area contributed by atoms with Gasteiger partial charge in [0.05, 0.1) is 30.9 Å². The van der Waals surface area contributed by atoms with Gasteiger partial charge in [-0.3, -0.25) is 9.78 Å². The summed E-state index contributed by atoms with van der Waals surface area (Å²) in [7, 11) is 0. The van der Waals surface area contributed by atoms with Crippen molar-refractivity contribution in [1.82, 2.24) is 15.2 Å². The van der Waals surface area contributed by atoms with Crippen molar-refractivity contribution in [3.8, 4) is 21.1 Å². The van der Waals surface area contributed by atoms with Gasteiger partial charge in [-0.05, 0) is 36.4 Å². The Morgan fingerprint density at radius 3 is 2.42 bits per heavy atom. The maximum absolute atomic E-state index is 12.1. The molecular weight excluding hydrogens is 365 g/mol. The molecule has 4 rings (SSSR count). The molecule has 1 aromatic carbocycles. The zero-order valence-electron chi connectivity index (χ0n) is 12.1. The molecule has 0 amide bonds. The number of hydrogen-bond acceptors (Lipinski definition) is 4. The van der Waals surface area contributed by atoms with Gasteiger partial charge in [-0.15, -0.1) is 11.3 Å². The second kappa shape index (κ2) is 6.02. The van der Waals surface area contributed by atoms with Gasteiger partial charge in [0.15, 0.2) is 0 Å². The molecule has 1 N–H and O–H groups in total. The molecule has 0 atom stereocenters. The Morgan fingerprint density at radius 1 is 0.917 bits per heavy atom. The summed E-state index contributed by atoms with van der Waals surface area (Å²) in [4.78, 5) is 18.3. The number of aromatic nitrogens is 3. The van der Waals surface area contributed by atoms with Gasteiger partial charge in [-0.2, -0.15) is 5.10 Å². The molecule has 4 nitrogen and oxygen atoms in total. The van der Waals surface area contributed by atoms with Crippen LogP contribution in [0.15, 0.2) is 53.5 Å². The molecule has 0 aliphatic heterocycles. The number of aromatic amines is 1. The fourth-order valence-electron chi connectivity index (χ4n) is 2.51. The number of thiophene rings is 1. The fraction of sp³-hybridized carbons (Fsp3) is 0. The molecule has 3 aromatic heterocycles. The third kappa shape index (κ3) is 2.51. The minimum atomic E-state index is -0.359. The molecule has 24 heavy (non-hydrogen) atoms. The van der Waals surface area contributed by atoms with E-state index in [2.05, 4.69) is 15.2 Å². The molecule has 118 valence electrons. The molecule has 0 aliphatic rings. The highest BCUT2D eigenvalue weighted by Crippen LogP contribution is 2.38. The molecule has 0 spiro atoms. The van der Waals surface area contributed by atoms with Gasteiger partial charge in [0, 0.05) is 11.6 Å². The number of benzene rings is 1. The predicted molar refractivity (Wildman–Crippen MR) is 98.9 cm³/mol. The average molecular weight is 374 g/mol. The first kappa shape index (κ1) is 15.3. The lowest BCUT2D eigenvalue weighted by Crippen LogP contribution is -2.10. The lowest BCUT2D eigenvalue weighted by Gasteiger charge is -2.06. The van der Waals surface area contributed by atoms with E-state index in [9.17, 15) is 4.79 Å². The molecule has 0 saturated carbocycles. The monoisotopic (exact) mass is 373 g/mol. The predicted octanol–water partition coefficient (Wildman–Crippen LogP) is 5.02. The highest BCUT2D eigenvalue weighted by molar-refractivity contribution is 7.18. The van der Waals surface area contributed by atoms with Gasteiger partial charge >= 0.3 is 0 Å². The normalized spacial score (nSPS) is 11.1. The smallest absolute Gasteiger partial charge is 0.267 e. The molecular formula is C17H9Cl2N3OS. The van der Waals surface area contributed by atoms with E-state index in [-0.39, 0.29) is 5.56 Å². The Balaban J connectivity index is 1.96. The summed E-state index contributed by atoms with van der Waals surface area (Å²) in [5, 5.41) is 8.39. The largest absolute Gasteiger partial charge is 0.273 e. The van der Waals surface area contributed by atoms with Gasteiger partial charge in [0.2, 0.25) is 0 Å². The van der Waals surface area contributed by atoms with Crippen LogP contribution < -0.4 is 5.56 Å². The van der Waals surface area contributed by atoms with Crippen molar-refractivity contribution in [3.05, 3.63) is 69.1 Å². The summed E-state index contributed by atoms with van der Waals surface area (Å²) in [6.45, 7) is 0. The van der Waals surface area contributed by atoms with Gasteiger partial charge in [-0.1, -0.05) is 29.3 Å². The van der Waals surface area contributed by atoms with Crippen molar-refractivity contribution in [3.63, 3.8) is 0 Å². The van der Waals surface area contributed by atoms with Crippen LogP contribution in [0.1, 0.15) is 0 Å². The number of H-pyrrole nitrogens is 1. The topological polar surface area (TPSA) is 58.6 Å². The summed E-state index contributed by atoms with van der Waals surface area (Å²) in [5.41, 5.74) is 1.12. The van der Waals surface area contributed by atoms with Crippen molar-refractivity contribution in [1.29, 1.82) is 0 Å². The zero-order chi connectivity index (χ0) is 16.7. The molecule has 0 unspecified atom stereocenters. The first-order valence-corrected chi connectivity index (χ1v) is 8.60. The average Bonchev–Trinajstić information content (AvgIpc) is 3.09. The lowest BCUT2D eigenvalue weighted by molar-refractivity contribution is 1.02. The van der Waals surface area contributed by atoms with Crippen LogP contribution in [0.4, 0.5) is 0 Å². The van der Waals surface area contributed by atoms with E-state index < -0.39 is 0 Å². The Kier molecular flexibility index (Phi) is 3.84. The fourth-order valence-corrected chi connectivity index (χ4v) is 3.98. The van der Waals surface area contributed by atoms with E-state index in [1.165, 1.54) is 11.3 Å². The van der Waals surface area contributed by atoms with Gasteiger partial charge < -0.3 is 0 Å². The first-order chi connectivity index (χ1) is 11.6. The van der Waals surface area contributed by atoms with E-state index in [1.807, 2.05) is 30.3 Å². The Morgan fingerprint density at radius 2 is 1.67 bits per heavy atom. The molecule has 0 saturated heterocycles. The molecule has 0 aliphatic carbocycles. The number of pyridine rings is 1.